The molecule has 0 heterocycles. The lowest BCUT2D eigenvalue weighted by atomic mass is 10.1. The molecular formula is C10H21NO3. The summed E-state index contributed by atoms with van der Waals surface area (Å²) in [5.41, 5.74) is 0. The zero-order chi connectivity index (χ0) is 11.1. The maximum atomic E-state index is 11.1. The second kappa shape index (κ2) is 6.79. The molecule has 2 N–H and O–H groups in total. The molecule has 0 amide bonds. The minimum Gasteiger partial charge on any atom is -0.462 e. The van der Waals surface area contributed by atoms with Crippen molar-refractivity contribution in [3.63, 3.8) is 0 Å². The Morgan fingerprint density at radius 2 is 1.93 bits per heavy atom. The number of hydrogen-bond donors (Lipinski definition) is 2. The smallest absolute Gasteiger partial charge is 0.320 e. The van der Waals surface area contributed by atoms with Gasteiger partial charge in [0.1, 0.15) is 0 Å². The van der Waals surface area contributed by atoms with Gasteiger partial charge in [0.25, 0.3) is 0 Å². The molecule has 0 aliphatic rings. The van der Waals surface area contributed by atoms with Gasteiger partial charge in [0.15, 0.2) is 0 Å². The van der Waals surface area contributed by atoms with Crippen molar-refractivity contribution in [1.82, 2.24) is 5.32 Å². The number of nitrogens with one attached hydrogen (secondary N) is 1. The van der Waals surface area contributed by atoms with E-state index in [-0.39, 0.29) is 37.2 Å². The average molecular weight is 203 g/mol. The highest BCUT2D eigenvalue weighted by molar-refractivity contribution is 5.71. The molecule has 0 rings (SSSR count). The van der Waals surface area contributed by atoms with Gasteiger partial charge in [-0.25, -0.2) is 0 Å². The molecule has 14 heavy (non-hydrogen) atoms. The topological polar surface area (TPSA) is 58.6 Å². The highest BCUT2D eigenvalue weighted by Crippen LogP contribution is 2.00. The summed E-state index contributed by atoms with van der Waals surface area (Å²) in [4.78, 5) is 11.1. The van der Waals surface area contributed by atoms with Crippen molar-refractivity contribution in [2.24, 2.45) is 5.92 Å². The fourth-order valence-corrected chi connectivity index (χ4v) is 0.908. The van der Waals surface area contributed by atoms with Gasteiger partial charge < -0.3 is 15.2 Å². The zero-order valence-corrected chi connectivity index (χ0v) is 9.41. The Morgan fingerprint density at radius 1 is 1.36 bits per heavy atom. The van der Waals surface area contributed by atoms with Crippen LogP contribution in [0, 0.1) is 5.92 Å². The summed E-state index contributed by atoms with van der Waals surface area (Å²) in [7, 11) is 0. The van der Waals surface area contributed by atoms with E-state index in [9.17, 15) is 4.79 Å². The number of carbonyl (C=O) groups excluding carboxylic acids is 1. The van der Waals surface area contributed by atoms with Crippen molar-refractivity contribution in [3.05, 3.63) is 0 Å². The van der Waals surface area contributed by atoms with Gasteiger partial charge in [-0.1, -0.05) is 6.92 Å². The number of aliphatic hydroxyl groups excluding tert-OH is 1. The van der Waals surface area contributed by atoms with Crippen molar-refractivity contribution in [2.45, 2.75) is 39.8 Å². The van der Waals surface area contributed by atoms with Crippen LogP contribution in [0.4, 0.5) is 0 Å². The Bertz CT molecular complexity index is 171. The molecule has 2 unspecified atom stereocenters. The van der Waals surface area contributed by atoms with E-state index in [2.05, 4.69) is 5.32 Å². The first kappa shape index (κ1) is 13.4. The first-order chi connectivity index (χ1) is 6.47. The zero-order valence-electron chi connectivity index (χ0n) is 9.41. The van der Waals surface area contributed by atoms with Crippen LogP contribution in [0.25, 0.3) is 0 Å². The summed E-state index contributed by atoms with van der Waals surface area (Å²) in [5, 5.41) is 11.9. The van der Waals surface area contributed by atoms with E-state index in [4.69, 9.17) is 9.84 Å². The Balaban J connectivity index is 3.66. The van der Waals surface area contributed by atoms with Gasteiger partial charge in [0.05, 0.1) is 12.6 Å². The van der Waals surface area contributed by atoms with E-state index in [1.165, 1.54) is 0 Å². The lowest BCUT2D eigenvalue weighted by molar-refractivity contribution is -0.146. The van der Waals surface area contributed by atoms with Gasteiger partial charge in [0, 0.05) is 12.6 Å². The monoisotopic (exact) mass is 203 g/mol. The van der Waals surface area contributed by atoms with Gasteiger partial charge in [-0.2, -0.15) is 0 Å². The summed E-state index contributed by atoms with van der Waals surface area (Å²) in [6, 6.07) is 0.111. The van der Waals surface area contributed by atoms with E-state index in [0.29, 0.717) is 0 Å². The summed E-state index contributed by atoms with van der Waals surface area (Å²) >= 11 is 0. The number of hydrogen-bond acceptors (Lipinski definition) is 4. The average Bonchev–Trinajstić information content (AvgIpc) is 2.11. The highest BCUT2D eigenvalue weighted by atomic mass is 16.5. The Labute approximate surface area is 85.6 Å². The van der Waals surface area contributed by atoms with Crippen LogP contribution in [0.2, 0.25) is 0 Å². The minimum absolute atomic E-state index is 0.0742. The Hall–Kier alpha value is -0.610. The van der Waals surface area contributed by atoms with Crippen molar-refractivity contribution in [2.75, 3.05) is 13.2 Å². The molecule has 0 fully saturated rings. The fraction of sp³-hybridized carbons (Fsp3) is 0.900. The predicted molar refractivity (Wildman–Crippen MR) is 54.9 cm³/mol. The van der Waals surface area contributed by atoms with E-state index in [0.717, 1.165) is 0 Å². The van der Waals surface area contributed by atoms with E-state index < -0.39 is 0 Å². The molecule has 84 valence electrons. The third-order valence-electron chi connectivity index (χ3n) is 2.08. The third kappa shape index (κ3) is 5.94. The SMILES string of the molecule is CC(C)OC(=O)CNC(C)C(C)CO. The molecule has 0 bridgehead atoms. The number of ether oxygens (including phenoxy) is 1. The Kier molecular flexibility index (Phi) is 6.49. The first-order valence-corrected chi connectivity index (χ1v) is 5.01. The second-order valence-corrected chi connectivity index (χ2v) is 3.87. The molecular weight excluding hydrogens is 182 g/mol. The molecule has 0 saturated heterocycles. The lowest BCUT2D eigenvalue weighted by Gasteiger charge is -2.19. The van der Waals surface area contributed by atoms with Crippen LogP contribution in [-0.4, -0.2) is 36.4 Å². The molecule has 0 aromatic rings. The molecule has 0 aromatic carbocycles. The molecule has 4 heteroatoms. The minimum atomic E-state index is -0.253. The van der Waals surface area contributed by atoms with Crippen molar-refractivity contribution < 1.29 is 14.6 Å². The van der Waals surface area contributed by atoms with Crippen LogP contribution in [0.3, 0.4) is 0 Å². The lowest BCUT2D eigenvalue weighted by Crippen LogP contribution is -2.38. The quantitative estimate of drug-likeness (QED) is 0.619. The van der Waals surface area contributed by atoms with Crippen LogP contribution >= 0.6 is 0 Å². The molecule has 0 spiro atoms. The van der Waals surface area contributed by atoms with Crippen LogP contribution in [0.15, 0.2) is 0 Å². The molecule has 2 atom stereocenters. The van der Waals surface area contributed by atoms with E-state index in [1.54, 1.807) is 0 Å². The maximum absolute atomic E-state index is 11.1. The van der Waals surface area contributed by atoms with Crippen LogP contribution < -0.4 is 5.32 Å². The largest absolute Gasteiger partial charge is 0.462 e. The molecule has 0 saturated carbocycles. The molecule has 0 aliphatic heterocycles. The molecule has 0 radical (unpaired) electrons. The van der Waals surface area contributed by atoms with Crippen LogP contribution in [-0.2, 0) is 9.53 Å². The number of rotatable bonds is 6. The van der Waals surface area contributed by atoms with Crippen molar-refractivity contribution in [1.29, 1.82) is 0 Å². The molecule has 0 aliphatic carbocycles. The number of carbonyl (C=O) groups is 1. The summed E-state index contributed by atoms with van der Waals surface area (Å²) < 4.78 is 4.95. The summed E-state index contributed by atoms with van der Waals surface area (Å²) in [6.07, 6.45) is -0.0742. The third-order valence-corrected chi connectivity index (χ3v) is 2.08. The fourth-order valence-electron chi connectivity index (χ4n) is 0.908. The van der Waals surface area contributed by atoms with E-state index >= 15 is 0 Å². The number of aliphatic hydroxyl groups is 1. The van der Waals surface area contributed by atoms with Gasteiger partial charge in [-0.15, -0.1) is 0 Å². The van der Waals surface area contributed by atoms with E-state index in [1.807, 2.05) is 27.7 Å². The summed E-state index contributed by atoms with van der Waals surface area (Å²) in [6.45, 7) is 7.81. The standard InChI is InChI=1S/C10H21NO3/c1-7(2)14-10(13)5-11-9(4)8(3)6-12/h7-9,11-12H,5-6H2,1-4H3. The van der Waals surface area contributed by atoms with Crippen molar-refractivity contribution in [3.8, 4) is 0 Å². The molecule has 4 nitrogen and oxygen atoms in total. The predicted octanol–water partition coefficient (Wildman–Crippen LogP) is 0.544. The Morgan fingerprint density at radius 3 is 2.36 bits per heavy atom. The van der Waals surface area contributed by atoms with Crippen molar-refractivity contribution >= 4 is 5.97 Å². The molecule has 0 aromatic heterocycles. The highest BCUT2D eigenvalue weighted by Gasteiger charge is 2.12. The van der Waals surface area contributed by atoms with Crippen LogP contribution in [0.5, 0.6) is 0 Å². The maximum Gasteiger partial charge on any atom is 0.320 e. The first-order valence-electron chi connectivity index (χ1n) is 5.01. The van der Waals surface area contributed by atoms with Gasteiger partial charge >= 0.3 is 5.97 Å². The van der Waals surface area contributed by atoms with Gasteiger partial charge in [-0.3, -0.25) is 4.79 Å². The van der Waals surface area contributed by atoms with Crippen LogP contribution in [0.1, 0.15) is 27.7 Å². The normalized spacial score (nSPS) is 15.3. The van der Waals surface area contributed by atoms with Gasteiger partial charge in [0.2, 0.25) is 0 Å². The second-order valence-electron chi connectivity index (χ2n) is 3.87. The number of esters is 1. The van der Waals surface area contributed by atoms with Gasteiger partial charge in [-0.05, 0) is 26.7 Å². The summed E-state index contributed by atoms with van der Waals surface area (Å²) in [5.74, 6) is -0.112.